The molecule has 0 aliphatic carbocycles. The van der Waals surface area contributed by atoms with E-state index in [1.807, 2.05) is 0 Å². The Kier molecular flexibility index (Phi) is 4.43. The van der Waals surface area contributed by atoms with Crippen LogP contribution in [0.5, 0.6) is 0 Å². The van der Waals surface area contributed by atoms with Crippen molar-refractivity contribution < 1.29 is 0 Å². The molecule has 18 heavy (non-hydrogen) atoms. The number of nitrogens with one attached hydrogen (secondary N) is 1. The Morgan fingerprint density at radius 3 is 2.11 bits per heavy atom. The smallest absolute Gasteiger partial charge is 0.0400 e. The number of benzene rings is 2. The van der Waals surface area contributed by atoms with E-state index >= 15 is 0 Å². The van der Waals surface area contributed by atoms with Crippen LogP contribution >= 0.6 is 15.9 Å². The molecule has 2 aromatic rings. The maximum absolute atomic E-state index is 3.44. The minimum absolute atomic E-state index is 0.588. The molecule has 0 heterocycles. The highest BCUT2D eigenvalue weighted by Gasteiger charge is 1.99. The quantitative estimate of drug-likeness (QED) is 0.820. The van der Waals surface area contributed by atoms with Crippen molar-refractivity contribution in [3.05, 3.63) is 64.1 Å². The van der Waals surface area contributed by atoms with Crippen LogP contribution in [0.3, 0.4) is 0 Å². The van der Waals surface area contributed by atoms with E-state index < -0.39 is 0 Å². The Morgan fingerprint density at radius 2 is 1.56 bits per heavy atom. The predicted octanol–water partition coefficient (Wildman–Crippen LogP) is 5.18. The maximum atomic E-state index is 3.44. The monoisotopic (exact) mass is 303 g/mol. The van der Waals surface area contributed by atoms with Gasteiger partial charge < -0.3 is 5.32 Å². The van der Waals surface area contributed by atoms with Crippen molar-refractivity contribution in [3.63, 3.8) is 0 Å². The number of hydrogen-bond donors (Lipinski definition) is 1. The fourth-order valence-corrected chi connectivity index (χ4v) is 2.06. The molecule has 0 saturated carbocycles. The third-order valence-corrected chi connectivity index (χ3v) is 3.52. The van der Waals surface area contributed by atoms with Crippen LogP contribution in [0.1, 0.15) is 30.9 Å². The zero-order valence-electron chi connectivity index (χ0n) is 10.8. The SMILES string of the molecule is CC(C)c1ccc(NCc2ccc(Br)cc2)cc1. The lowest BCUT2D eigenvalue weighted by atomic mass is 10.0. The average Bonchev–Trinajstić information content (AvgIpc) is 2.38. The largest absolute Gasteiger partial charge is 0.381 e. The first-order valence-electron chi connectivity index (χ1n) is 6.23. The highest BCUT2D eigenvalue weighted by molar-refractivity contribution is 9.10. The molecule has 0 radical (unpaired) electrons. The maximum Gasteiger partial charge on any atom is 0.0400 e. The summed E-state index contributed by atoms with van der Waals surface area (Å²) in [6.07, 6.45) is 0. The van der Waals surface area contributed by atoms with Crippen LogP contribution in [0.4, 0.5) is 5.69 Å². The third-order valence-electron chi connectivity index (χ3n) is 2.99. The molecule has 0 spiro atoms. The van der Waals surface area contributed by atoms with Gasteiger partial charge in [0, 0.05) is 16.7 Å². The second-order valence-electron chi connectivity index (χ2n) is 4.76. The van der Waals surface area contributed by atoms with Crippen LogP contribution in [0.25, 0.3) is 0 Å². The first-order valence-corrected chi connectivity index (χ1v) is 7.03. The fraction of sp³-hybridized carbons (Fsp3) is 0.250. The van der Waals surface area contributed by atoms with Gasteiger partial charge in [-0.3, -0.25) is 0 Å². The Hall–Kier alpha value is -1.28. The molecule has 0 bridgehead atoms. The lowest BCUT2D eigenvalue weighted by Crippen LogP contribution is -1.99. The van der Waals surface area contributed by atoms with Crippen LogP contribution in [0.2, 0.25) is 0 Å². The van der Waals surface area contributed by atoms with E-state index in [2.05, 4.69) is 83.6 Å². The Labute approximate surface area is 117 Å². The van der Waals surface area contributed by atoms with Gasteiger partial charge in [-0.2, -0.15) is 0 Å². The number of halogens is 1. The van der Waals surface area contributed by atoms with Gasteiger partial charge in [-0.25, -0.2) is 0 Å². The van der Waals surface area contributed by atoms with Gasteiger partial charge in [-0.1, -0.05) is 54.0 Å². The van der Waals surface area contributed by atoms with Crippen molar-refractivity contribution in [2.75, 3.05) is 5.32 Å². The Balaban J connectivity index is 1.95. The van der Waals surface area contributed by atoms with Crippen LogP contribution in [0, 0.1) is 0 Å². The standard InChI is InChI=1S/C16H18BrN/c1-12(2)14-5-9-16(10-6-14)18-11-13-3-7-15(17)8-4-13/h3-10,12,18H,11H2,1-2H3. The molecule has 0 aliphatic heterocycles. The molecule has 2 rings (SSSR count). The molecule has 0 aliphatic rings. The zero-order chi connectivity index (χ0) is 13.0. The molecule has 1 nitrogen and oxygen atoms in total. The van der Waals surface area contributed by atoms with Gasteiger partial charge in [-0.05, 0) is 41.3 Å². The van der Waals surface area contributed by atoms with Crippen LogP contribution < -0.4 is 5.32 Å². The summed E-state index contributed by atoms with van der Waals surface area (Å²) in [4.78, 5) is 0. The number of hydrogen-bond acceptors (Lipinski definition) is 1. The van der Waals surface area contributed by atoms with Crippen LogP contribution in [0.15, 0.2) is 53.0 Å². The Bertz CT molecular complexity index is 486. The minimum Gasteiger partial charge on any atom is -0.381 e. The van der Waals surface area contributed by atoms with Gasteiger partial charge >= 0.3 is 0 Å². The van der Waals surface area contributed by atoms with Crippen molar-refractivity contribution in [1.29, 1.82) is 0 Å². The summed E-state index contributed by atoms with van der Waals surface area (Å²) in [5.41, 5.74) is 3.83. The van der Waals surface area contributed by atoms with E-state index in [4.69, 9.17) is 0 Å². The molecule has 0 fully saturated rings. The Morgan fingerprint density at radius 1 is 0.944 bits per heavy atom. The zero-order valence-corrected chi connectivity index (χ0v) is 12.4. The van der Waals surface area contributed by atoms with Gasteiger partial charge in [0.1, 0.15) is 0 Å². The number of rotatable bonds is 4. The number of anilines is 1. The summed E-state index contributed by atoms with van der Waals surface area (Å²) in [7, 11) is 0. The second kappa shape index (κ2) is 6.05. The molecule has 1 N–H and O–H groups in total. The third kappa shape index (κ3) is 3.61. The van der Waals surface area contributed by atoms with Crippen LogP contribution in [-0.4, -0.2) is 0 Å². The summed E-state index contributed by atoms with van der Waals surface area (Å²) in [5.74, 6) is 0.588. The van der Waals surface area contributed by atoms with Gasteiger partial charge in [0.15, 0.2) is 0 Å². The normalized spacial score (nSPS) is 10.7. The molecular weight excluding hydrogens is 286 g/mol. The predicted molar refractivity (Wildman–Crippen MR) is 82.0 cm³/mol. The molecule has 2 aromatic carbocycles. The van der Waals surface area contributed by atoms with E-state index in [9.17, 15) is 0 Å². The molecule has 0 saturated heterocycles. The van der Waals surface area contributed by atoms with Gasteiger partial charge in [0.2, 0.25) is 0 Å². The highest BCUT2D eigenvalue weighted by atomic mass is 79.9. The summed E-state index contributed by atoms with van der Waals surface area (Å²) >= 11 is 3.44. The van der Waals surface area contributed by atoms with Crippen molar-refractivity contribution in [1.82, 2.24) is 0 Å². The molecule has 94 valence electrons. The van der Waals surface area contributed by atoms with E-state index in [0.29, 0.717) is 5.92 Å². The van der Waals surface area contributed by atoms with Crippen molar-refractivity contribution in [2.45, 2.75) is 26.3 Å². The molecular formula is C16H18BrN. The molecule has 2 heteroatoms. The highest BCUT2D eigenvalue weighted by Crippen LogP contribution is 2.18. The summed E-state index contributed by atoms with van der Waals surface area (Å²) in [6, 6.07) is 17.1. The lowest BCUT2D eigenvalue weighted by Gasteiger charge is -2.09. The second-order valence-corrected chi connectivity index (χ2v) is 5.67. The minimum atomic E-state index is 0.588. The van der Waals surface area contributed by atoms with E-state index in [1.165, 1.54) is 16.8 Å². The van der Waals surface area contributed by atoms with E-state index in [1.54, 1.807) is 0 Å². The van der Waals surface area contributed by atoms with Crippen molar-refractivity contribution in [3.8, 4) is 0 Å². The van der Waals surface area contributed by atoms with Gasteiger partial charge in [-0.15, -0.1) is 0 Å². The molecule has 0 amide bonds. The van der Waals surface area contributed by atoms with Gasteiger partial charge in [0.05, 0.1) is 0 Å². The van der Waals surface area contributed by atoms with E-state index in [0.717, 1.165) is 11.0 Å². The topological polar surface area (TPSA) is 12.0 Å². The van der Waals surface area contributed by atoms with Crippen LogP contribution in [-0.2, 0) is 6.54 Å². The average molecular weight is 304 g/mol. The fourth-order valence-electron chi connectivity index (χ4n) is 1.79. The summed E-state index contributed by atoms with van der Waals surface area (Å²) in [6.45, 7) is 5.28. The first-order chi connectivity index (χ1) is 8.65. The van der Waals surface area contributed by atoms with Crippen molar-refractivity contribution in [2.24, 2.45) is 0 Å². The van der Waals surface area contributed by atoms with E-state index in [-0.39, 0.29) is 0 Å². The van der Waals surface area contributed by atoms with Crippen molar-refractivity contribution >= 4 is 21.6 Å². The molecule has 0 unspecified atom stereocenters. The lowest BCUT2D eigenvalue weighted by molar-refractivity contribution is 0.867. The molecule has 0 aromatic heterocycles. The van der Waals surface area contributed by atoms with Gasteiger partial charge in [0.25, 0.3) is 0 Å². The first kappa shape index (κ1) is 13.2. The summed E-state index contributed by atoms with van der Waals surface area (Å²) < 4.78 is 1.12. The molecule has 0 atom stereocenters. The summed E-state index contributed by atoms with van der Waals surface area (Å²) in [5, 5.41) is 3.43.